The minimum Gasteiger partial charge on any atom is -0.508 e. The Morgan fingerprint density at radius 1 is 1.10 bits per heavy atom. The van der Waals surface area contributed by atoms with Crippen LogP contribution in [0.2, 0.25) is 0 Å². The Kier molecular flexibility index (Phi) is 3.86. The molecule has 0 aromatic heterocycles. The molecule has 0 amide bonds. The van der Waals surface area contributed by atoms with E-state index in [9.17, 15) is 5.11 Å². The third-order valence-corrected chi connectivity index (χ3v) is 5.10. The molecule has 0 spiro atoms. The van der Waals surface area contributed by atoms with Crippen molar-refractivity contribution >= 4 is 28.3 Å². The zero-order valence-electron chi connectivity index (χ0n) is 12.6. The number of phenols is 1. The van der Waals surface area contributed by atoms with Crippen molar-refractivity contribution in [1.29, 1.82) is 0 Å². The fourth-order valence-corrected chi connectivity index (χ4v) is 4.10. The highest BCUT2D eigenvalue weighted by Gasteiger charge is 2.32. The standard InChI is InChI=1S/C18H20INO/c1-10-4-7-16(21)18-15(9-12(3)17(10)18)20-14-6-5-13(19)8-11(14)2/h4-8,12,15,20-21H,9H2,1-3H3. The molecular weight excluding hydrogens is 373 g/mol. The Balaban J connectivity index is 1.98. The Hall–Kier alpha value is -1.23. The van der Waals surface area contributed by atoms with Gasteiger partial charge in [0.05, 0.1) is 6.04 Å². The summed E-state index contributed by atoms with van der Waals surface area (Å²) in [5, 5.41) is 13.9. The lowest BCUT2D eigenvalue weighted by atomic mass is 9.97. The molecule has 0 radical (unpaired) electrons. The first-order valence-corrected chi connectivity index (χ1v) is 8.40. The van der Waals surface area contributed by atoms with Crippen LogP contribution >= 0.6 is 22.6 Å². The van der Waals surface area contributed by atoms with Crippen LogP contribution in [0.25, 0.3) is 0 Å². The van der Waals surface area contributed by atoms with Crippen LogP contribution in [0.3, 0.4) is 0 Å². The predicted molar refractivity (Wildman–Crippen MR) is 96.1 cm³/mol. The number of fused-ring (bicyclic) bond motifs is 1. The van der Waals surface area contributed by atoms with Crippen LogP contribution in [-0.2, 0) is 0 Å². The van der Waals surface area contributed by atoms with E-state index in [1.165, 1.54) is 20.3 Å². The van der Waals surface area contributed by atoms with Gasteiger partial charge in [-0.3, -0.25) is 0 Å². The monoisotopic (exact) mass is 393 g/mol. The Morgan fingerprint density at radius 3 is 2.57 bits per heavy atom. The molecule has 2 unspecified atom stereocenters. The van der Waals surface area contributed by atoms with Gasteiger partial charge in [0.25, 0.3) is 0 Å². The summed E-state index contributed by atoms with van der Waals surface area (Å²) in [5.41, 5.74) is 6.08. The van der Waals surface area contributed by atoms with Crippen LogP contribution in [0.5, 0.6) is 5.75 Å². The molecule has 0 bridgehead atoms. The van der Waals surface area contributed by atoms with Gasteiger partial charge in [0, 0.05) is 14.8 Å². The van der Waals surface area contributed by atoms with Crippen LogP contribution in [0.15, 0.2) is 30.3 Å². The van der Waals surface area contributed by atoms with Crippen LogP contribution in [0.4, 0.5) is 5.69 Å². The van der Waals surface area contributed by atoms with Gasteiger partial charge in [-0.05, 0) is 89.7 Å². The summed E-state index contributed by atoms with van der Waals surface area (Å²) in [6.07, 6.45) is 1.03. The summed E-state index contributed by atoms with van der Waals surface area (Å²) < 4.78 is 1.24. The number of anilines is 1. The first kappa shape index (κ1) is 14.7. The number of halogens is 1. The molecule has 0 saturated carbocycles. The van der Waals surface area contributed by atoms with Crippen molar-refractivity contribution in [3.8, 4) is 5.75 Å². The Labute approximate surface area is 139 Å². The van der Waals surface area contributed by atoms with E-state index >= 15 is 0 Å². The van der Waals surface area contributed by atoms with Gasteiger partial charge in [-0.2, -0.15) is 0 Å². The second kappa shape index (κ2) is 5.52. The lowest BCUT2D eigenvalue weighted by Crippen LogP contribution is -2.08. The second-order valence-electron chi connectivity index (χ2n) is 6.02. The molecule has 21 heavy (non-hydrogen) atoms. The van der Waals surface area contributed by atoms with E-state index in [0.29, 0.717) is 11.7 Å². The molecule has 1 aliphatic carbocycles. The van der Waals surface area contributed by atoms with Crippen molar-refractivity contribution in [3.05, 3.63) is 56.2 Å². The molecule has 0 heterocycles. The van der Waals surface area contributed by atoms with E-state index in [4.69, 9.17) is 0 Å². The van der Waals surface area contributed by atoms with Crippen molar-refractivity contribution in [3.63, 3.8) is 0 Å². The van der Waals surface area contributed by atoms with E-state index in [-0.39, 0.29) is 6.04 Å². The predicted octanol–water partition coefficient (Wildman–Crippen LogP) is 5.27. The molecule has 0 aliphatic heterocycles. The molecule has 2 atom stereocenters. The van der Waals surface area contributed by atoms with Crippen LogP contribution in [0, 0.1) is 17.4 Å². The number of nitrogens with one attached hydrogen (secondary N) is 1. The van der Waals surface area contributed by atoms with Gasteiger partial charge < -0.3 is 10.4 Å². The number of phenolic OH excluding ortho intramolecular Hbond substituents is 1. The minimum atomic E-state index is 0.189. The number of benzene rings is 2. The van der Waals surface area contributed by atoms with E-state index in [0.717, 1.165) is 17.7 Å². The lowest BCUT2D eigenvalue weighted by molar-refractivity contribution is 0.465. The van der Waals surface area contributed by atoms with Crippen molar-refractivity contribution in [1.82, 2.24) is 0 Å². The quantitative estimate of drug-likeness (QED) is 0.681. The third-order valence-electron chi connectivity index (χ3n) is 4.43. The van der Waals surface area contributed by atoms with E-state index in [2.05, 4.69) is 66.9 Å². The van der Waals surface area contributed by atoms with Crippen molar-refractivity contribution in [2.75, 3.05) is 5.32 Å². The molecule has 0 fully saturated rings. The zero-order chi connectivity index (χ0) is 15.1. The van der Waals surface area contributed by atoms with E-state index < -0.39 is 0 Å². The first-order valence-electron chi connectivity index (χ1n) is 7.32. The smallest absolute Gasteiger partial charge is 0.121 e. The highest BCUT2D eigenvalue weighted by atomic mass is 127. The molecule has 3 rings (SSSR count). The maximum Gasteiger partial charge on any atom is 0.121 e. The maximum atomic E-state index is 10.3. The number of hydrogen-bond acceptors (Lipinski definition) is 2. The number of hydrogen-bond donors (Lipinski definition) is 2. The molecule has 3 heteroatoms. The molecule has 0 saturated heterocycles. The van der Waals surface area contributed by atoms with E-state index in [1.807, 2.05) is 12.1 Å². The fourth-order valence-electron chi connectivity index (χ4n) is 3.45. The first-order chi connectivity index (χ1) is 9.97. The van der Waals surface area contributed by atoms with Gasteiger partial charge in [0.15, 0.2) is 0 Å². The summed E-state index contributed by atoms with van der Waals surface area (Å²) in [4.78, 5) is 0. The summed E-state index contributed by atoms with van der Waals surface area (Å²) >= 11 is 2.33. The summed E-state index contributed by atoms with van der Waals surface area (Å²) in [6, 6.07) is 10.5. The van der Waals surface area contributed by atoms with Crippen LogP contribution < -0.4 is 5.32 Å². The highest BCUT2D eigenvalue weighted by Crippen LogP contribution is 2.47. The van der Waals surface area contributed by atoms with Gasteiger partial charge in [-0.1, -0.05) is 13.0 Å². The van der Waals surface area contributed by atoms with Gasteiger partial charge in [-0.15, -0.1) is 0 Å². The zero-order valence-corrected chi connectivity index (χ0v) is 14.7. The molecule has 2 aromatic carbocycles. The van der Waals surface area contributed by atoms with Gasteiger partial charge in [0.1, 0.15) is 5.75 Å². The van der Waals surface area contributed by atoms with Crippen molar-refractivity contribution in [2.45, 2.75) is 39.2 Å². The van der Waals surface area contributed by atoms with Crippen molar-refractivity contribution in [2.24, 2.45) is 0 Å². The summed E-state index contributed by atoms with van der Waals surface area (Å²) in [5.74, 6) is 0.898. The summed E-state index contributed by atoms with van der Waals surface area (Å²) in [6.45, 7) is 6.50. The Bertz CT molecular complexity index is 696. The van der Waals surface area contributed by atoms with Gasteiger partial charge >= 0.3 is 0 Å². The molecule has 2 nitrogen and oxygen atoms in total. The van der Waals surface area contributed by atoms with E-state index in [1.54, 1.807) is 0 Å². The maximum absolute atomic E-state index is 10.3. The highest BCUT2D eigenvalue weighted by molar-refractivity contribution is 14.1. The average Bonchev–Trinajstić information content (AvgIpc) is 2.75. The SMILES string of the molecule is Cc1cc(I)ccc1NC1CC(C)c2c(C)ccc(O)c21. The summed E-state index contributed by atoms with van der Waals surface area (Å²) in [7, 11) is 0. The largest absolute Gasteiger partial charge is 0.508 e. The Morgan fingerprint density at radius 2 is 1.86 bits per heavy atom. The van der Waals surface area contributed by atoms with Gasteiger partial charge in [0.2, 0.25) is 0 Å². The second-order valence-corrected chi connectivity index (χ2v) is 7.27. The molecule has 110 valence electrons. The lowest BCUT2D eigenvalue weighted by Gasteiger charge is -2.19. The minimum absolute atomic E-state index is 0.189. The van der Waals surface area contributed by atoms with Gasteiger partial charge in [-0.25, -0.2) is 0 Å². The third kappa shape index (κ3) is 2.63. The molecule has 1 aliphatic rings. The van der Waals surface area contributed by atoms with Crippen LogP contribution in [-0.4, -0.2) is 5.11 Å². The molecular formula is C18H20INO. The van der Waals surface area contributed by atoms with Crippen LogP contribution in [0.1, 0.15) is 47.6 Å². The van der Waals surface area contributed by atoms with Crippen molar-refractivity contribution < 1.29 is 5.11 Å². The topological polar surface area (TPSA) is 32.3 Å². The molecule has 2 N–H and O–H groups in total. The fraction of sp³-hybridized carbons (Fsp3) is 0.333. The molecule has 2 aromatic rings. The average molecular weight is 393 g/mol. The number of aromatic hydroxyl groups is 1. The normalized spacial score (nSPS) is 20.4. The number of rotatable bonds is 2. The number of aryl methyl sites for hydroxylation is 2.